The van der Waals surface area contributed by atoms with Gasteiger partial charge < -0.3 is 11.6 Å². The van der Waals surface area contributed by atoms with Crippen LogP contribution in [-0.2, 0) is 0 Å². The maximum Gasteiger partial charge on any atom is 1.00 e. The van der Waals surface area contributed by atoms with Crippen molar-refractivity contribution in [2.75, 3.05) is 0 Å². The molecule has 0 saturated carbocycles. The molecule has 0 unspecified atom stereocenters. The van der Waals surface area contributed by atoms with Crippen molar-refractivity contribution in [3.63, 3.8) is 0 Å². The fourth-order valence-corrected chi connectivity index (χ4v) is 1.44. The average molecular weight is 241 g/mol. The Bertz CT molecular complexity index is 603. The number of carbonyl (C=O) groups is 2. The van der Waals surface area contributed by atoms with Crippen LogP contribution in [0, 0.1) is 0 Å². The molecule has 2 aromatic rings. The van der Waals surface area contributed by atoms with E-state index in [-0.39, 0.29) is 47.8 Å². The van der Waals surface area contributed by atoms with Gasteiger partial charge in [0.05, 0.1) is 11.1 Å². The van der Waals surface area contributed by atoms with Gasteiger partial charge in [0.2, 0.25) is 0 Å². The number of carboxylic acid groups (broad SMARTS) is 2. The molecule has 1 aromatic carbocycles. The fraction of sp³-hybridized carbons (Fsp3) is 0. The summed E-state index contributed by atoms with van der Waals surface area (Å²) in [5.41, 5.74) is 0.0247. The Balaban J connectivity index is 0.00000144. The van der Waals surface area contributed by atoms with Gasteiger partial charge in [-0.25, -0.2) is 14.6 Å². The largest absolute Gasteiger partial charge is 1.00 e. The van der Waals surface area contributed by atoms with Gasteiger partial charge in [-0.1, -0.05) is 18.2 Å². The van der Waals surface area contributed by atoms with Gasteiger partial charge >= 0.3 is 41.5 Å². The van der Waals surface area contributed by atoms with Gasteiger partial charge in [0, 0.05) is 5.39 Å². The standard InChI is InChI=1S/C11H7NO4.Na.H/c13-10(14)7-3-1-2-6-4-5-8(11(15)16)12-9(6)7;;/h1-5H,(H,13,14)(H,15,16);;/q;+1;-1. The monoisotopic (exact) mass is 241 g/mol. The zero-order chi connectivity index (χ0) is 11.7. The summed E-state index contributed by atoms with van der Waals surface area (Å²) in [5.74, 6) is -2.30. The fourth-order valence-electron chi connectivity index (χ4n) is 1.44. The molecule has 17 heavy (non-hydrogen) atoms. The minimum absolute atomic E-state index is 0. The van der Waals surface area contributed by atoms with E-state index in [0.717, 1.165) is 0 Å². The molecule has 2 rings (SSSR count). The number of hydrogen-bond donors (Lipinski definition) is 2. The van der Waals surface area contributed by atoms with Gasteiger partial charge in [0.1, 0.15) is 5.69 Å². The Morgan fingerprint density at radius 1 is 1.06 bits per heavy atom. The van der Waals surface area contributed by atoms with Crippen molar-refractivity contribution in [3.05, 3.63) is 41.6 Å². The van der Waals surface area contributed by atoms with Crippen molar-refractivity contribution < 1.29 is 50.8 Å². The number of carboxylic acids is 2. The molecule has 6 heteroatoms. The van der Waals surface area contributed by atoms with Gasteiger partial charge in [-0.15, -0.1) is 0 Å². The predicted molar refractivity (Wildman–Crippen MR) is 56.8 cm³/mol. The Kier molecular flexibility index (Phi) is 4.22. The van der Waals surface area contributed by atoms with E-state index in [4.69, 9.17) is 10.2 Å². The second-order valence-electron chi connectivity index (χ2n) is 3.18. The number of nitrogens with zero attached hydrogens (tertiary/aromatic N) is 1. The van der Waals surface area contributed by atoms with Crippen molar-refractivity contribution in [1.29, 1.82) is 0 Å². The van der Waals surface area contributed by atoms with Crippen LogP contribution < -0.4 is 29.6 Å². The molecule has 0 saturated heterocycles. The normalized spacial score (nSPS) is 9.65. The molecule has 0 aliphatic heterocycles. The van der Waals surface area contributed by atoms with E-state index in [1.807, 2.05) is 0 Å². The maximum atomic E-state index is 10.9. The summed E-state index contributed by atoms with van der Waals surface area (Å²) in [4.78, 5) is 25.4. The van der Waals surface area contributed by atoms with E-state index < -0.39 is 11.9 Å². The Labute approximate surface area is 120 Å². The number of para-hydroxylation sites is 1. The SMILES string of the molecule is O=C(O)c1ccc2cccc(C(=O)O)c2n1.[H-].[Na+]. The number of pyridine rings is 1. The Morgan fingerprint density at radius 2 is 1.76 bits per heavy atom. The number of hydrogen-bond acceptors (Lipinski definition) is 3. The van der Waals surface area contributed by atoms with Crippen LogP contribution in [0.25, 0.3) is 10.9 Å². The van der Waals surface area contributed by atoms with E-state index in [1.165, 1.54) is 18.2 Å². The van der Waals surface area contributed by atoms with Gasteiger partial charge in [-0.3, -0.25) is 0 Å². The first-order valence-electron chi connectivity index (χ1n) is 4.46. The molecule has 5 nitrogen and oxygen atoms in total. The summed E-state index contributed by atoms with van der Waals surface area (Å²) in [5, 5.41) is 18.3. The van der Waals surface area contributed by atoms with Crippen molar-refractivity contribution in [3.8, 4) is 0 Å². The zero-order valence-corrected chi connectivity index (χ0v) is 11.0. The molecular weight excluding hydrogens is 233 g/mol. The molecule has 1 aromatic heterocycles. The molecule has 1 heterocycles. The number of fused-ring (bicyclic) bond motifs is 1. The minimum Gasteiger partial charge on any atom is -1.00 e. The molecule has 0 amide bonds. The molecule has 0 bridgehead atoms. The van der Waals surface area contributed by atoms with Crippen molar-refractivity contribution >= 4 is 22.8 Å². The van der Waals surface area contributed by atoms with Gasteiger partial charge in [-0.2, -0.15) is 0 Å². The van der Waals surface area contributed by atoms with Crippen LogP contribution in [0.1, 0.15) is 22.3 Å². The molecular formula is C11H8NNaO4. The summed E-state index contributed by atoms with van der Waals surface area (Å²) < 4.78 is 0. The van der Waals surface area contributed by atoms with Gasteiger partial charge in [0.15, 0.2) is 0 Å². The van der Waals surface area contributed by atoms with E-state index in [2.05, 4.69) is 4.98 Å². The first-order chi connectivity index (χ1) is 7.59. The average Bonchev–Trinajstić information content (AvgIpc) is 2.27. The van der Waals surface area contributed by atoms with Crippen LogP contribution in [-0.4, -0.2) is 27.1 Å². The van der Waals surface area contributed by atoms with Crippen molar-refractivity contribution in [2.45, 2.75) is 0 Å². The number of benzene rings is 1. The third-order valence-electron chi connectivity index (χ3n) is 2.17. The number of rotatable bonds is 2. The van der Waals surface area contributed by atoms with E-state index in [0.29, 0.717) is 5.39 Å². The number of aromatic nitrogens is 1. The molecule has 0 aliphatic carbocycles. The van der Waals surface area contributed by atoms with E-state index >= 15 is 0 Å². The van der Waals surface area contributed by atoms with Crippen LogP contribution in [0.3, 0.4) is 0 Å². The smallest absolute Gasteiger partial charge is 1.00 e. The quantitative estimate of drug-likeness (QED) is 0.641. The molecule has 0 atom stereocenters. The van der Waals surface area contributed by atoms with Crippen LogP contribution >= 0.6 is 0 Å². The van der Waals surface area contributed by atoms with Crippen LogP contribution in [0.2, 0.25) is 0 Å². The van der Waals surface area contributed by atoms with E-state index in [1.54, 1.807) is 12.1 Å². The van der Waals surface area contributed by atoms with Gasteiger partial charge in [-0.05, 0) is 12.1 Å². The molecule has 82 valence electrons. The summed E-state index contributed by atoms with van der Waals surface area (Å²) in [6, 6.07) is 7.55. The third-order valence-corrected chi connectivity index (χ3v) is 2.17. The first-order valence-corrected chi connectivity index (χ1v) is 4.46. The summed E-state index contributed by atoms with van der Waals surface area (Å²) in [6.07, 6.45) is 0. The first kappa shape index (κ1) is 13.6. The van der Waals surface area contributed by atoms with Crippen LogP contribution in [0.4, 0.5) is 0 Å². The summed E-state index contributed by atoms with van der Waals surface area (Å²) in [7, 11) is 0. The Hall–Kier alpha value is -1.43. The predicted octanol–water partition coefficient (Wildman–Crippen LogP) is -1.25. The molecule has 0 fully saturated rings. The van der Waals surface area contributed by atoms with Gasteiger partial charge in [0.25, 0.3) is 0 Å². The number of aromatic carboxylic acids is 2. The van der Waals surface area contributed by atoms with Crippen molar-refractivity contribution in [2.24, 2.45) is 0 Å². The van der Waals surface area contributed by atoms with Crippen LogP contribution in [0.15, 0.2) is 30.3 Å². The molecule has 2 N–H and O–H groups in total. The second-order valence-corrected chi connectivity index (χ2v) is 3.18. The maximum absolute atomic E-state index is 10.9. The molecule has 0 aliphatic rings. The minimum atomic E-state index is -1.18. The Morgan fingerprint density at radius 3 is 2.35 bits per heavy atom. The van der Waals surface area contributed by atoms with Crippen molar-refractivity contribution in [1.82, 2.24) is 4.98 Å². The van der Waals surface area contributed by atoms with Crippen LogP contribution in [0.5, 0.6) is 0 Å². The van der Waals surface area contributed by atoms with E-state index in [9.17, 15) is 9.59 Å². The third kappa shape index (κ3) is 2.63. The molecule has 0 spiro atoms. The zero-order valence-electron chi connectivity index (χ0n) is 10.0. The topological polar surface area (TPSA) is 87.5 Å². The summed E-state index contributed by atoms with van der Waals surface area (Å²) in [6.45, 7) is 0. The second kappa shape index (κ2) is 5.27. The summed E-state index contributed by atoms with van der Waals surface area (Å²) >= 11 is 0. The molecule has 0 radical (unpaired) electrons.